The first-order valence-electron chi connectivity index (χ1n) is 15.5. The van der Waals surface area contributed by atoms with Gasteiger partial charge in [-0.25, -0.2) is 0 Å². The first-order chi connectivity index (χ1) is 18.8. The van der Waals surface area contributed by atoms with Crippen molar-refractivity contribution < 1.29 is 5.11 Å². The Morgan fingerprint density at radius 3 is 1.36 bits per heavy atom. The van der Waals surface area contributed by atoms with Gasteiger partial charge in [-0.3, -0.25) is 0 Å². The van der Waals surface area contributed by atoms with Crippen LogP contribution in [0.15, 0.2) is 64.6 Å². The number of aliphatic hydroxyl groups excluding tert-OH is 1. The lowest BCUT2D eigenvalue weighted by atomic mass is 9.74. The van der Waals surface area contributed by atoms with Crippen molar-refractivity contribution in [2.45, 2.75) is 158 Å². The van der Waals surface area contributed by atoms with Crippen LogP contribution in [-0.4, -0.2) is 9.19 Å². The topological polar surface area (TPSA) is 20.2 Å². The minimum Gasteiger partial charge on any atom is -0.513 e. The van der Waals surface area contributed by atoms with E-state index < -0.39 is 0 Å². The van der Waals surface area contributed by atoms with Gasteiger partial charge in [0, 0.05) is 16.2 Å². The van der Waals surface area contributed by atoms with Gasteiger partial charge in [0.05, 0.1) is 9.84 Å². The van der Waals surface area contributed by atoms with E-state index in [0.717, 1.165) is 19.3 Å². The van der Waals surface area contributed by atoms with Gasteiger partial charge in [0.2, 0.25) is 0 Å². The van der Waals surface area contributed by atoms with Crippen molar-refractivity contribution in [1.82, 2.24) is 0 Å². The highest BCUT2D eigenvalue weighted by Gasteiger charge is 2.30. The third-order valence-electron chi connectivity index (χ3n) is 7.63. The molecule has 0 aromatic heterocycles. The fourth-order valence-corrected chi connectivity index (χ4v) is 7.83. The summed E-state index contributed by atoms with van der Waals surface area (Å²) in [7, 11) is 0. The molecule has 3 heteroatoms. The van der Waals surface area contributed by atoms with Gasteiger partial charge in [-0.1, -0.05) is 108 Å². The molecule has 0 atom stereocenters. The van der Waals surface area contributed by atoms with E-state index >= 15 is 0 Å². The predicted molar refractivity (Wildman–Crippen MR) is 192 cm³/mol. The quantitative estimate of drug-likeness (QED) is 0.125. The molecule has 0 spiro atoms. The molecular formula is C39H60OS2. The van der Waals surface area contributed by atoms with Crippen LogP contribution in [0.25, 0.3) is 0 Å². The number of rotatable bonds is 10. The summed E-state index contributed by atoms with van der Waals surface area (Å²) in [6, 6.07) is 12.1. The van der Waals surface area contributed by atoms with E-state index in [1.54, 1.807) is 0 Å². The molecule has 0 heterocycles. The monoisotopic (exact) mass is 608 g/mol. The summed E-state index contributed by atoms with van der Waals surface area (Å²) in [4.78, 5) is 2.67. The molecule has 0 fully saturated rings. The van der Waals surface area contributed by atoms with Crippen molar-refractivity contribution in [2.75, 3.05) is 0 Å². The third kappa shape index (κ3) is 10.8. The molecule has 1 nitrogen and oxygen atoms in total. The van der Waals surface area contributed by atoms with Gasteiger partial charge >= 0.3 is 0 Å². The molecule has 2 aromatic carbocycles. The van der Waals surface area contributed by atoms with Gasteiger partial charge < -0.3 is 5.11 Å². The zero-order chi connectivity index (χ0) is 32.5. The lowest BCUT2D eigenvalue weighted by Gasteiger charge is -2.33. The highest BCUT2D eigenvalue weighted by molar-refractivity contribution is 8.18. The van der Waals surface area contributed by atoms with Crippen molar-refractivity contribution in [2.24, 2.45) is 0 Å². The number of benzene rings is 2. The molecule has 0 saturated heterocycles. The van der Waals surface area contributed by atoms with Crippen LogP contribution < -0.4 is 0 Å². The minimum absolute atomic E-state index is 0.00546. The van der Waals surface area contributed by atoms with E-state index in [4.69, 9.17) is 0 Å². The maximum absolute atomic E-state index is 9.54. The Morgan fingerprint density at radius 1 is 0.595 bits per heavy atom. The van der Waals surface area contributed by atoms with Crippen molar-refractivity contribution in [3.63, 3.8) is 0 Å². The van der Waals surface area contributed by atoms with Crippen LogP contribution in [0.3, 0.4) is 0 Å². The van der Waals surface area contributed by atoms with Gasteiger partial charge in [0.1, 0.15) is 0 Å². The number of hydrogen-bond donors (Lipinski definition) is 1. The zero-order valence-electron chi connectivity index (χ0n) is 29.4. The Balaban J connectivity index is 2.54. The Labute approximate surface area is 268 Å². The second-order valence-corrected chi connectivity index (χ2v) is 20.3. The third-order valence-corrected chi connectivity index (χ3v) is 10.1. The van der Waals surface area contributed by atoms with Crippen LogP contribution in [0.4, 0.5) is 0 Å². The van der Waals surface area contributed by atoms with E-state index in [2.05, 4.69) is 140 Å². The Morgan fingerprint density at radius 2 is 1.00 bits per heavy atom. The van der Waals surface area contributed by atoms with E-state index in [1.807, 2.05) is 23.5 Å². The highest BCUT2D eigenvalue weighted by Crippen LogP contribution is 2.49. The van der Waals surface area contributed by atoms with Crippen LogP contribution in [0, 0.1) is 0 Å². The average Bonchev–Trinajstić information content (AvgIpc) is 2.76. The molecule has 0 amide bonds. The largest absolute Gasteiger partial charge is 0.513 e. The maximum Gasteiger partial charge on any atom is 0.0851 e. The first kappa shape index (κ1) is 36.6. The molecule has 0 radical (unpaired) electrons. The molecule has 2 rings (SSSR count). The normalized spacial score (nSPS) is 13.4. The fourth-order valence-electron chi connectivity index (χ4n) is 5.23. The van der Waals surface area contributed by atoms with Crippen LogP contribution >= 0.6 is 23.5 Å². The second-order valence-electron chi connectivity index (χ2n) is 16.7. The average molecular weight is 609 g/mol. The van der Waals surface area contributed by atoms with E-state index in [1.165, 1.54) is 43.2 Å². The predicted octanol–water partition coefficient (Wildman–Crippen LogP) is 12.8. The van der Waals surface area contributed by atoms with Crippen LogP contribution in [-0.2, 0) is 28.1 Å². The van der Waals surface area contributed by atoms with Gasteiger partial charge in [-0.15, -0.1) is 23.5 Å². The van der Waals surface area contributed by atoms with Gasteiger partial charge in [-0.2, -0.15) is 0 Å². The number of allylic oxidation sites excluding steroid dienone is 2. The lowest BCUT2D eigenvalue weighted by Crippen LogP contribution is -2.22. The number of thioether (sulfide) groups is 2. The summed E-state index contributed by atoms with van der Waals surface area (Å²) in [5.41, 5.74) is 8.48. The molecule has 0 aliphatic heterocycles. The molecule has 0 bridgehead atoms. The van der Waals surface area contributed by atoms with Crippen molar-refractivity contribution >= 4 is 23.5 Å². The molecule has 0 aliphatic carbocycles. The molecule has 2 aromatic rings. The van der Waals surface area contributed by atoms with Crippen molar-refractivity contribution in [3.8, 4) is 0 Å². The first-order valence-corrected chi connectivity index (χ1v) is 17.2. The summed E-state index contributed by atoms with van der Waals surface area (Å²) < 4.78 is -0.0617. The molecule has 0 aliphatic rings. The second kappa shape index (κ2) is 13.2. The number of hydrogen-bond acceptors (Lipinski definition) is 3. The van der Waals surface area contributed by atoms with E-state index in [-0.39, 0.29) is 31.5 Å². The lowest BCUT2D eigenvalue weighted by molar-refractivity contribution is 0.386. The van der Waals surface area contributed by atoms with Gasteiger partial charge in [0.25, 0.3) is 0 Å². The SMILES string of the molecule is C=C(O)CCCC(=C)Cc1c(C(C)(C)C)cc(SC(C)(C)Sc2cc(C(C)(C)C)cc(C(C)(C)C)c2)cc1C(C)(C)C. The van der Waals surface area contributed by atoms with Crippen LogP contribution in [0.1, 0.15) is 144 Å². The number of aliphatic hydroxyl groups is 1. The van der Waals surface area contributed by atoms with Gasteiger partial charge in [0.15, 0.2) is 0 Å². The molecule has 0 unspecified atom stereocenters. The van der Waals surface area contributed by atoms with E-state index in [0.29, 0.717) is 6.42 Å². The van der Waals surface area contributed by atoms with Crippen LogP contribution in [0.2, 0.25) is 0 Å². The smallest absolute Gasteiger partial charge is 0.0851 e. The maximum atomic E-state index is 9.54. The standard InChI is InChI=1S/C39H60OS2/c1-26(18-17-19-27(2)40)20-32-33(37(9,10)11)24-31(25-34(32)38(12,13)14)42-39(15,16)41-30-22-28(35(3,4)5)21-29(23-30)36(6,7)8/h21-25,40H,1-2,17-20H2,3-16H3. The van der Waals surface area contributed by atoms with Gasteiger partial charge in [-0.05, 0) is 107 Å². The molecular weight excluding hydrogens is 549 g/mol. The fraction of sp³-hybridized carbons (Fsp3) is 0.590. The van der Waals surface area contributed by atoms with Crippen LogP contribution in [0.5, 0.6) is 0 Å². The molecule has 0 saturated carbocycles. The highest BCUT2D eigenvalue weighted by atomic mass is 32.2. The summed E-state index contributed by atoms with van der Waals surface area (Å²) >= 11 is 3.95. The Hall–Kier alpha value is -1.58. The van der Waals surface area contributed by atoms with E-state index in [9.17, 15) is 5.11 Å². The Kier molecular flexibility index (Phi) is 11.5. The van der Waals surface area contributed by atoms with Crippen molar-refractivity contribution in [3.05, 3.63) is 82.6 Å². The summed E-state index contributed by atoms with van der Waals surface area (Å²) in [5, 5.41) is 9.54. The Bertz CT molecular complexity index is 1200. The molecule has 42 heavy (non-hydrogen) atoms. The summed E-state index contributed by atoms with van der Waals surface area (Å²) in [5.74, 6) is 0.259. The molecule has 234 valence electrons. The zero-order valence-corrected chi connectivity index (χ0v) is 31.0. The minimum atomic E-state index is -0.0617. The summed E-state index contributed by atoms with van der Waals surface area (Å²) in [6.07, 6.45) is 3.29. The van der Waals surface area contributed by atoms with Crippen molar-refractivity contribution in [1.29, 1.82) is 0 Å². The molecule has 1 N–H and O–H groups in total. The summed E-state index contributed by atoms with van der Waals surface area (Å²) in [6.45, 7) is 40.7.